The number of ether oxygens (including phenoxy) is 4. The van der Waals surface area contributed by atoms with E-state index in [1.807, 2.05) is 39.0 Å². The number of rotatable bonds is 3. The number of fused-ring (bicyclic) bond motifs is 1. The Bertz CT molecular complexity index is 800. The molecule has 0 N–H and O–H groups in total. The molecule has 150 valence electrons. The van der Waals surface area contributed by atoms with E-state index in [-0.39, 0.29) is 19.3 Å². The van der Waals surface area contributed by atoms with Gasteiger partial charge in [0.2, 0.25) is 6.79 Å². The van der Waals surface area contributed by atoms with Gasteiger partial charge in [0.1, 0.15) is 5.60 Å². The van der Waals surface area contributed by atoms with Crippen molar-refractivity contribution in [1.82, 2.24) is 4.90 Å². The van der Waals surface area contributed by atoms with Crippen LogP contribution in [0.5, 0.6) is 11.5 Å². The van der Waals surface area contributed by atoms with Crippen LogP contribution >= 0.6 is 0 Å². The number of nitrogens with zero attached hydrogens (tertiary/aromatic N) is 2. The number of carbonyl (C=O) groups is 2. The molecule has 0 unspecified atom stereocenters. The zero-order chi connectivity index (χ0) is 20.4. The first-order valence-electron chi connectivity index (χ1n) is 9.19. The highest BCUT2D eigenvalue weighted by atomic mass is 16.7. The maximum absolute atomic E-state index is 12.4. The second kappa shape index (κ2) is 7.58. The van der Waals surface area contributed by atoms with Crippen molar-refractivity contribution in [1.29, 1.82) is 5.26 Å². The second-order valence-electron chi connectivity index (χ2n) is 8.06. The summed E-state index contributed by atoms with van der Waals surface area (Å²) in [5.41, 5.74) is -0.233. The number of carbonyl (C=O) groups excluding carboxylic acids is 2. The van der Waals surface area contributed by atoms with Crippen LogP contribution in [0.2, 0.25) is 0 Å². The Kier molecular flexibility index (Phi) is 5.36. The molecule has 0 radical (unpaired) electrons. The van der Waals surface area contributed by atoms with Gasteiger partial charge in [0.05, 0.1) is 6.42 Å². The van der Waals surface area contributed by atoms with E-state index in [2.05, 4.69) is 4.74 Å². The van der Waals surface area contributed by atoms with Crippen LogP contribution in [-0.4, -0.2) is 42.4 Å². The summed E-state index contributed by atoms with van der Waals surface area (Å²) in [5, 5.41) is 8.67. The maximum atomic E-state index is 12.4. The van der Waals surface area contributed by atoms with E-state index in [1.165, 1.54) is 6.26 Å². The number of amides is 1. The summed E-state index contributed by atoms with van der Waals surface area (Å²) in [7, 11) is 0. The molecule has 2 heterocycles. The number of likely N-dealkylation sites (tertiary alicyclic amines) is 1. The molecule has 2 aliphatic heterocycles. The number of benzene rings is 1. The Morgan fingerprint density at radius 3 is 2.54 bits per heavy atom. The summed E-state index contributed by atoms with van der Waals surface area (Å²) in [6.07, 6.45) is 2.18. The molecule has 2 aliphatic rings. The quantitative estimate of drug-likeness (QED) is 0.579. The zero-order valence-electron chi connectivity index (χ0n) is 16.3. The average Bonchev–Trinajstić information content (AvgIpc) is 3.08. The molecule has 8 nitrogen and oxygen atoms in total. The van der Waals surface area contributed by atoms with E-state index < -0.39 is 17.0 Å². The van der Waals surface area contributed by atoms with Crippen LogP contribution in [0.1, 0.15) is 45.6 Å². The van der Waals surface area contributed by atoms with Crippen LogP contribution in [0, 0.1) is 11.5 Å². The number of hydrogen-bond acceptors (Lipinski definition) is 7. The number of nitriles is 1. The third-order valence-electron chi connectivity index (χ3n) is 5.00. The van der Waals surface area contributed by atoms with E-state index in [4.69, 9.17) is 19.5 Å². The van der Waals surface area contributed by atoms with Gasteiger partial charge in [-0.05, 0) is 51.3 Å². The number of esters is 1. The first-order valence-corrected chi connectivity index (χ1v) is 9.19. The van der Waals surface area contributed by atoms with E-state index >= 15 is 0 Å². The lowest BCUT2D eigenvalue weighted by Gasteiger charge is -2.41. The standard InChI is InChI=1S/C20H24N2O6/c1-19(2,3)28-18(24)22-8-6-20(7-9-22,11-17(23)25-12-21)14-4-5-15-16(10-14)27-13-26-15/h4-5,10H,6-9,11,13H2,1-3H3. The van der Waals surface area contributed by atoms with E-state index in [1.54, 1.807) is 4.90 Å². The molecular weight excluding hydrogens is 364 g/mol. The fourth-order valence-electron chi connectivity index (χ4n) is 3.60. The highest BCUT2D eigenvalue weighted by molar-refractivity contribution is 5.73. The van der Waals surface area contributed by atoms with Gasteiger partial charge < -0.3 is 23.8 Å². The predicted molar refractivity (Wildman–Crippen MR) is 97.6 cm³/mol. The van der Waals surface area contributed by atoms with Crippen molar-refractivity contribution >= 4 is 12.1 Å². The number of hydrogen-bond donors (Lipinski definition) is 0. The molecule has 0 atom stereocenters. The van der Waals surface area contributed by atoms with Crippen molar-refractivity contribution in [3.63, 3.8) is 0 Å². The zero-order valence-corrected chi connectivity index (χ0v) is 16.3. The Morgan fingerprint density at radius 1 is 1.21 bits per heavy atom. The van der Waals surface area contributed by atoms with Gasteiger partial charge in [0.15, 0.2) is 11.5 Å². The summed E-state index contributed by atoms with van der Waals surface area (Å²) in [4.78, 5) is 26.1. The van der Waals surface area contributed by atoms with Gasteiger partial charge in [0, 0.05) is 18.5 Å². The minimum Gasteiger partial charge on any atom is -0.454 e. The smallest absolute Gasteiger partial charge is 0.410 e. The average molecular weight is 388 g/mol. The molecule has 1 saturated heterocycles. The number of piperidine rings is 1. The van der Waals surface area contributed by atoms with Crippen LogP contribution in [0.3, 0.4) is 0 Å². The molecule has 1 aromatic carbocycles. The highest BCUT2D eigenvalue weighted by Crippen LogP contribution is 2.43. The van der Waals surface area contributed by atoms with Crippen molar-refractivity contribution in [2.24, 2.45) is 0 Å². The lowest BCUT2D eigenvalue weighted by Crippen LogP contribution is -2.47. The monoisotopic (exact) mass is 388 g/mol. The summed E-state index contributed by atoms with van der Waals surface area (Å²) < 4.78 is 20.8. The predicted octanol–water partition coefficient (Wildman–Crippen LogP) is 3.10. The SMILES string of the molecule is CC(C)(C)OC(=O)N1CCC(CC(=O)OC#N)(c2ccc3c(c2)OCO3)CC1. The third kappa shape index (κ3) is 4.30. The van der Waals surface area contributed by atoms with Gasteiger partial charge >= 0.3 is 12.1 Å². The molecule has 1 amide bonds. The molecule has 0 spiro atoms. The van der Waals surface area contributed by atoms with Gasteiger partial charge in [-0.15, -0.1) is 5.26 Å². The van der Waals surface area contributed by atoms with Crippen molar-refractivity contribution in [2.45, 2.75) is 51.0 Å². The largest absolute Gasteiger partial charge is 0.454 e. The molecule has 28 heavy (non-hydrogen) atoms. The molecule has 0 aromatic heterocycles. The first-order chi connectivity index (χ1) is 13.2. The molecule has 0 saturated carbocycles. The Hall–Kier alpha value is -2.95. The Balaban J connectivity index is 1.81. The van der Waals surface area contributed by atoms with E-state index in [0.29, 0.717) is 37.4 Å². The second-order valence-corrected chi connectivity index (χ2v) is 8.06. The molecule has 1 fully saturated rings. The fourth-order valence-corrected chi connectivity index (χ4v) is 3.60. The molecule has 0 bridgehead atoms. The third-order valence-corrected chi connectivity index (χ3v) is 5.00. The molecule has 1 aromatic rings. The molecule has 8 heteroatoms. The van der Waals surface area contributed by atoms with Crippen LogP contribution in [0.25, 0.3) is 0 Å². The van der Waals surface area contributed by atoms with Crippen LogP contribution in [0.4, 0.5) is 4.79 Å². The summed E-state index contributed by atoms with van der Waals surface area (Å²) >= 11 is 0. The lowest BCUT2D eigenvalue weighted by molar-refractivity contribution is -0.139. The van der Waals surface area contributed by atoms with Crippen molar-refractivity contribution in [2.75, 3.05) is 19.9 Å². The van der Waals surface area contributed by atoms with Gasteiger partial charge in [0.25, 0.3) is 6.26 Å². The van der Waals surface area contributed by atoms with Crippen LogP contribution < -0.4 is 9.47 Å². The summed E-state index contributed by atoms with van der Waals surface area (Å²) in [5.74, 6) is 0.690. The molecule has 3 rings (SSSR count). The lowest BCUT2D eigenvalue weighted by atomic mass is 9.70. The van der Waals surface area contributed by atoms with Crippen molar-refractivity contribution in [3.8, 4) is 17.8 Å². The summed E-state index contributed by atoms with van der Waals surface area (Å²) in [6.45, 7) is 6.50. The van der Waals surface area contributed by atoms with E-state index in [9.17, 15) is 9.59 Å². The molecule has 0 aliphatic carbocycles. The van der Waals surface area contributed by atoms with Crippen LogP contribution in [0.15, 0.2) is 18.2 Å². The van der Waals surface area contributed by atoms with E-state index in [0.717, 1.165) is 5.56 Å². The minimum absolute atomic E-state index is 0.0440. The van der Waals surface area contributed by atoms with Gasteiger partial charge in [-0.3, -0.25) is 4.79 Å². The van der Waals surface area contributed by atoms with Gasteiger partial charge in [-0.1, -0.05) is 6.07 Å². The first kappa shape index (κ1) is 19.8. The topological polar surface area (TPSA) is 98.1 Å². The van der Waals surface area contributed by atoms with Crippen molar-refractivity contribution < 1.29 is 28.5 Å². The minimum atomic E-state index is -0.592. The van der Waals surface area contributed by atoms with Crippen molar-refractivity contribution in [3.05, 3.63) is 23.8 Å². The Labute approximate surface area is 163 Å². The Morgan fingerprint density at radius 2 is 1.89 bits per heavy atom. The van der Waals surface area contributed by atoms with Gasteiger partial charge in [-0.25, -0.2) is 4.79 Å². The normalized spacial score (nSPS) is 17.6. The maximum Gasteiger partial charge on any atom is 0.410 e. The van der Waals surface area contributed by atoms with Gasteiger partial charge in [-0.2, -0.15) is 0 Å². The molecular formula is C20H24N2O6. The fraction of sp³-hybridized carbons (Fsp3) is 0.550. The highest BCUT2D eigenvalue weighted by Gasteiger charge is 2.41. The summed E-state index contributed by atoms with van der Waals surface area (Å²) in [6, 6.07) is 5.58. The van der Waals surface area contributed by atoms with Crippen LogP contribution in [-0.2, 0) is 19.7 Å².